The van der Waals surface area contributed by atoms with Gasteiger partial charge in [-0.25, -0.2) is 8.42 Å². The molecule has 0 spiro atoms. The molecular formula is C8H19NO2S. The summed E-state index contributed by atoms with van der Waals surface area (Å²) in [6.45, 7) is 4.08. The smallest absolute Gasteiger partial charge is 0.148 e. The zero-order valence-corrected chi connectivity index (χ0v) is 8.89. The van der Waals surface area contributed by atoms with Gasteiger partial charge in [-0.15, -0.1) is 0 Å². The van der Waals surface area contributed by atoms with Crippen molar-refractivity contribution in [1.29, 1.82) is 0 Å². The lowest BCUT2D eigenvalue weighted by Gasteiger charge is -2.19. The molecule has 1 atom stereocenters. The quantitative estimate of drug-likeness (QED) is 0.702. The maximum atomic E-state index is 10.9. The Balaban J connectivity index is 4.10. The summed E-state index contributed by atoms with van der Waals surface area (Å²) in [5.41, 5.74) is 5.75. The fraction of sp³-hybridized carbons (Fsp3) is 1.00. The van der Waals surface area contributed by atoms with Crippen LogP contribution in [-0.4, -0.2) is 26.5 Å². The van der Waals surface area contributed by atoms with Crippen LogP contribution in [0.4, 0.5) is 0 Å². The Morgan fingerprint density at radius 2 is 1.67 bits per heavy atom. The number of nitrogens with two attached hydrogens (primary N) is 1. The van der Waals surface area contributed by atoms with Gasteiger partial charge in [-0.05, 0) is 5.92 Å². The van der Waals surface area contributed by atoms with Crippen molar-refractivity contribution in [2.75, 3.05) is 12.0 Å². The van der Waals surface area contributed by atoms with Crippen molar-refractivity contribution in [3.05, 3.63) is 0 Å². The predicted molar refractivity (Wildman–Crippen MR) is 51.8 cm³/mol. The van der Waals surface area contributed by atoms with Crippen LogP contribution >= 0.6 is 0 Å². The highest BCUT2D eigenvalue weighted by Gasteiger charge is 2.18. The number of sulfone groups is 1. The molecule has 74 valence electrons. The molecule has 0 aliphatic carbocycles. The zero-order chi connectivity index (χ0) is 9.78. The summed E-state index contributed by atoms with van der Waals surface area (Å²) in [6, 6.07) is -0.199. The minimum atomic E-state index is -2.91. The molecule has 0 heterocycles. The molecular weight excluding hydrogens is 174 g/mol. The van der Waals surface area contributed by atoms with E-state index in [9.17, 15) is 8.42 Å². The molecule has 1 unspecified atom stereocenters. The van der Waals surface area contributed by atoms with E-state index in [-0.39, 0.29) is 11.8 Å². The summed E-state index contributed by atoms with van der Waals surface area (Å²) < 4.78 is 21.8. The van der Waals surface area contributed by atoms with E-state index in [4.69, 9.17) is 5.73 Å². The minimum absolute atomic E-state index is 0.110. The van der Waals surface area contributed by atoms with Gasteiger partial charge in [0.1, 0.15) is 9.84 Å². The second-order valence-electron chi connectivity index (χ2n) is 3.33. The summed E-state index contributed by atoms with van der Waals surface area (Å²) >= 11 is 0. The first-order valence-corrected chi connectivity index (χ1v) is 6.40. The van der Waals surface area contributed by atoms with Crippen LogP contribution < -0.4 is 5.73 Å². The van der Waals surface area contributed by atoms with Crippen molar-refractivity contribution in [2.24, 2.45) is 11.7 Å². The van der Waals surface area contributed by atoms with Crippen LogP contribution in [0.2, 0.25) is 0 Å². The molecule has 0 amide bonds. The van der Waals surface area contributed by atoms with Gasteiger partial charge in [-0.1, -0.05) is 26.7 Å². The van der Waals surface area contributed by atoms with Crippen molar-refractivity contribution >= 4 is 9.84 Å². The second-order valence-corrected chi connectivity index (χ2v) is 5.52. The molecule has 0 aromatic carbocycles. The molecule has 12 heavy (non-hydrogen) atoms. The van der Waals surface area contributed by atoms with Gasteiger partial charge in [0.2, 0.25) is 0 Å². The Kier molecular flexibility index (Phi) is 4.78. The number of hydrogen-bond acceptors (Lipinski definition) is 3. The molecule has 0 saturated carbocycles. The third-order valence-corrected chi connectivity index (χ3v) is 3.14. The van der Waals surface area contributed by atoms with Gasteiger partial charge in [0.25, 0.3) is 0 Å². The Morgan fingerprint density at radius 1 is 1.25 bits per heavy atom. The first-order chi connectivity index (χ1) is 5.40. The van der Waals surface area contributed by atoms with Crippen molar-refractivity contribution in [3.63, 3.8) is 0 Å². The molecule has 0 aromatic rings. The molecule has 2 N–H and O–H groups in total. The molecule has 0 saturated heterocycles. The maximum Gasteiger partial charge on any atom is 0.148 e. The highest BCUT2D eigenvalue weighted by atomic mass is 32.2. The van der Waals surface area contributed by atoms with E-state index < -0.39 is 9.84 Å². The van der Waals surface area contributed by atoms with Crippen molar-refractivity contribution < 1.29 is 8.42 Å². The van der Waals surface area contributed by atoms with Crippen molar-refractivity contribution in [1.82, 2.24) is 0 Å². The van der Waals surface area contributed by atoms with E-state index in [2.05, 4.69) is 0 Å². The van der Waals surface area contributed by atoms with E-state index >= 15 is 0 Å². The van der Waals surface area contributed by atoms with Gasteiger partial charge < -0.3 is 5.73 Å². The average Bonchev–Trinajstić information content (AvgIpc) is 1.85. The SMILES string of the molecule is CCC(CC)C(N)CS(C)(=O)=O. The van der Waals surface area contributed by atoms with Crippen LogP contribution in [0.3, 0.4) is 0 Å². The minimum Gasteiger partial charge on any atom is -0.327 e. The van der Waals surface area contributed by atoms with E-state index in [1.54, 1.807) is 0 Å². The van der Waals surface area contributed by atoms with Crippen LogP contribution in [0.5, 0.6) is 0 Å². The zero-order valence-electron chi connectivity index (χ0n) is 8.08. The topological polar surface area (TPSA) is 60.2 Å². The van der Waals surface area contributed by atoms with Crippen molar-refractivity contribution in [3.8, 4) is 0 Å². The monoisotopic (exact) mass is 193 g/mol. The largest absolute Gasteiger partial charge is 0.327 e. The van der Waals surface area contributed by atoms with E-state index in [0.717, 1.165) is 12.8 Å². The third-order valence-electron chi connectivity index (χ3n) is 2.15. The maximum absolute atomic E-state index is 10.9. The normalized spacial score (nSPS) is 15.1. The number of rotatable bonds is 5. The molecule has 3 nitrogen and oxygen atoms in total. The molecule has 4 heteroatoms. The highest BCUT2D eigenvalue weighted by molar-refractivity contribution is 7.90. The predicted octanol–water partition coefficient (Wildman–Crippen LogP) is 0.795. The van der Waals surface area contributed by atoms with Crippen molar-refractivity contribution in [2.45, 2.75) is 32.7 Å². The summed E-state index contributed by atoms with van der Waals surface area (Å²) in [6.07, 6.45) is 3.13. The van der Waals surface area contributed by atoms with Gasteiger partial charge in [0.15, 0.2) is 0 Å². The van der Waals surface area contributed by atoms with Crippen LogP contribution in [0.15, 0.2) is 0 Å². The second kappa shape index (κ2) is 4.82. The van der Waals surface area contributed by atoms with E-state index in [1.165, 1.54) is 6.26 Å². The Labute approximate surface area is 75.3 Å². The van der Waals surface area contributed by atoms with E-state index in [0.29, 0.717) is 5.92 Å². The summed E-state index contributed by atoms with van der Waals surface area (Å²) in [5, 5.41) is 0. The molecule has 0 aliphatic heterocycles. The lowest BCUT2D eigenvalue weighted by molar-refractivity contribution is 0.417. The standard InChI is InChI=1S/C8H19NO2S/c1-4-7(5-2)8(9)6-12(3,10)11/h7-8H,4-6,9H2,1-3H3. The van der Waals surface area contributed by atoms with Crippen LogP contribution in [0, 0.1) is 5.92 Å². The first kappa shape index (κ1) is 11.9. The molecule has 0 rings (SSSR count). The highest BCUT2D eigenvalue weighted by Crippen LogP contribution is 2.12. The summed E-state index contributed by atoms with van der Waals surface area (Å²) in [7, 11) is -2.91. The fourth-order valence-corrected chi connectivity index (χ4v) is 2.35. The van der Waals surface area contributed by atoms with Gasteiger partial charge in [0.05, 0.1) is 5.75 Å². The lowest BCUT2D eigenvalue weighted by Crippen LogP contribution is -2.36. The molecule has 0 aromatic heterocycles. The Hall–Kier alpha value is -0.0900. The average molecular weight is 193 g/mol. The fourth-order valence-electron chi connectivity index (χ4n) is 1.38. The van der Waals surface area contributed by atoms with Gasteiger partial charge in [-0.2, -0.15) is 0 Å². The Morgan fingerprint density at radius 3 is 1.92 bits per heavy atom. The van der Waals surface area contributed by atoms with Crippen LogP contribution in [0.1, 0.15) is 26.7 Å². The lowest BCUT2D eigenvalue weighted by atomic mass is 9.96. The first-order valence-electron chi connectivity index (χ1n) is 4.34. The van der Waals surface area contributed by atoms with E-state index in [1.807, 2.05) is 13.8 Å². The molecule has 0 bridgehead atoms. The molecule has 0 radical (unpaired) electrons. The molecule has 0 aliphatic rings. The third kappa shape index (κ3) is 4.72. The number of hydrogen-bond donors (Lipinski definition) is 1. The van der Waals surface area contributed by atoms with Gasteiger partial charge >= 0.3 is 0 Å². The van der Waals surface area contributed by atoms with Gasteiger partial charge in [-0.3, -0.25) is 0 Å². The van der Waals surface area contributed by atoms with Crippen LogP contribution in [0.25, 0.3) is 0 Å². The van der Waals surface area contributed by atoms with Gasteiger partial charge in [0, 0.05) is 12.3 Å². The Bertz CT molecular complexity index is 207. The van der Waals surface area contributed by atoms with Crippen LogP contribution in [-0.2, 0) is 9.84 Å². The summed E-state index contributed by atoms with van der Waals surface area (Å²) in [5.74, 6) is 0.444. The summed E-state index contributed by atoms with van der Waals surface area (Å²) in [4.78, 5) is 0. The molecule has 0 fully saturated rings.